The number of hydrogen-bond donors (Lipinski definition) is 1. The molecule has 0 saturated carbocycles. The van der Waals surface area contributed by atoms with Crippen molar-refractivity contribution in [3.8, 4) is 0 Å². The molecule has 1 amide bonds. The molecule has 1 saturated heterocycles. The molecule has 2 N–H and O–H groups in total. The Hall–Kier alpha value is -0.320. The summed E-state index contributed by atoms with van der Waals surface area (Å²) in [7, 11) is 0. The van der Waals surface area contributed by atoms with Crippen molar-refractivity contribution in [2.24, 2.45) is 5.73 Å². The summed E-state index contributed by atoms with van der Waals surface area (Å²) in [4.78, 5) is 13.8. The molecule has 5 heteroatoms. The van der Waals surface area contributed by atoms with Crippen LogP contribution in [-0.4, -0.2) is 43.2 Å². The van der Waals surface area contributed by atoms with Crippen molar-refractivity contribution in [3.05, 3.63) is 0 Å². The molecule has 96 valence electrons. The number of carbonyl (C=O) groups excluding carboxylic acids is 1. The average molecular weight is 251 g/mol. The highest BCUT2D eigenvalue weighted by Gasteiger charge is 2.25. The van der Waals surface area contributed by atoms with Gasteiger partial charge in [-0.2, -0.15) is 0 Å². The zero-order valence-corrected chi connectivity index (χ0v) is 10.8. The summed E-state index contributed by atoms with van der Waals surface area (Å²) in [6, 6.07) is 0.344. The van der Waals surface area contributed by atoms with Gasteiger partial charge in [-0.05, 0) is 39.2 Å². The number of ether oxygens (including phenoxy) is 1. The first-order chi connectivity index (χ1) is 7.29. The van der Waals surface area contributed by atoms with Crippen molar-refractivity contribution in [1.82, 2.24) is 4.90 Å². The van der Waals surface area contributed by atoms with Crippen LogP contribution in [0.15, 0.2) is 0 Å². The number of nitrogens with two attached hydrogens (primary N) is 1. The normalized spacial score (nSPS) is 20.4. The molecular weight excluding hydrogens is 228 g/mol. The quantitative estimate of drug-likeness (QED) is 0.797. The van der Waals surface area contributed by atoms with Crippen LogP contribution in [0.3, 0.4) is 0 Å². The maximum Gasteiger partial charge on any atom is 0.248 e. The van der Waals surface area contributed by atoms with Crippen LogP contribution in [0.2, 0.25) is 0 Å². The van der Waals surface area contributed by atoms with E-state index in [1.165, 1.54) is 6.42 Å². The van der Waals surface area contributed by atoms with E-state index in [0.717, 1.165) is 25.8 Å². The molecular formula is C11H23ClN2O2. The van der Waals surface area contributed by atoms with Crippen LogP contribution in [0.1, 0.15) is 32.6 Å². The van der Waals surface area contributed by atoms with E-state index >= 15 is 0 Å². The van der Waals surface area contributed by atoms with Crippen LogP contribution in [0.25, 0.3) is 0 Å². The molecule has 0 radical (unpaired) electrons. The number of piperidine rings is 1. The molecule has 0 spiro atoms. The van der Waals surface area contributed by atoms with E-state index in [1.54, 1.807) is 0 Å². The van der Waals surface area contributed by atoms with Gasteiger partial charge in [0.05, 0.1) is 0 Å². The molecule has 0 aromatic heterocycles. The topological polar surface area (TPSA) is 55.6 Å². The second-order valence-corrected chi connectivity index (χ2v) is 3.95. The van der Waals surface area contributed by atoms with Crippen LogP contribution in [0.4, 0.5) is 0 Å². The Kier molecular flexibility index (Phi) is 8.61. The standard InChI is InChI=1S/C11H22N2O2.ClH/c1-2-15-9-11(14)13-8-4-3-5-10(13)6-7-12;/h10H,2-9,12H2,1H3;1H. The second kappa shape index (κ2) is 8.79. The van der Waals surface area contributed by atoms with E-state index in [0.29, 0.717) is 19.2 Å². The van der Waals surface area contributed by atoms with E-state index < -0.39 is 0 Å². The maximum absolute atomic E-state index is 11.8. The molecule has 1 unspecified atom stereocenters. The number of rotatable bonds is 5. The van der Waals surface area contributed by atoms with Gasteiger partial charge in [-0.15, -0.1) is 12.4 Å². The van der Waals surface area contributed by atoms with Crippen LogP contribution in [-0.2, 0) is 9.53 Å². The summed E-state index contributed by atoms with van der Waals surface area (Å²) in [5.41, 5.74) is 5.55. The Morgan fingerprint density at radius 1 is 1.50 bits per heavy atom. The minimum absolute atomic E-state index is 0. The van der Waals surface area contributed by atoms with Gasteiger partial charge >= 0.3 is 0 Å². The van der Waals surface area contributed by atoms with Crippen molar-refractivity contribution >= 4 is 18.3 Å². The zero-order valence-electron chi connectivity index (χ0n) is 9.98. The number of nitrogens with zero attached hydrogens (tertiary/aromatic N) is 1. The SMILES string of the molecule is CCOCC(=O)N1CCCCC1CCN.Cl. The lowest BCUT2D eigenvalue weighted by Crippen LogP contribution is -2.46. The molecule has 1 aliphatic rings. The first kappa shape index (κ1) is 15.7. The first-order valence-electron chi connectivity index (χ1n) is 5.86. The van der Waals surface area contributed by atoms with Crippen molar-refractivity contribution < 1.29 is 9.53 Å². The van der Waals surface area contributed by atoms with Crippen LogP contribution in [0.5, 0.6) is 0 Å². The Labute approximate surface area is 104 Å². The van der Waals surface area contributed by atoms with Gasteiger partial charge in [0, 0.05) is 19.2 Å². The fraction of sp³-hybridized carbons (Fsp3) is 0.909. The van der Waals surface area contributed by atoms with Gasteiger partial charge in [-0.1, -0.05) is 0 Å². The van der Waals surface area contributed by atoms with Gasteiger partial charge in [-0.25, -0.2) is 0 Å². The Bertz CT molecular complexity index is 200. The first-order valence-corrected chi connectivity index (χ1v) is 5.86. The number of hydrogen-bond acceptors (Lipinski definition) is 3. The van der Waals surface area contributed by atoms with Gasteiger partial charge in [0.25, 0.3) is 0 Å². The third kappa shape index (κ3) is 4.68. The summed E-state index contributed by atoms with van der Waals surface area (Å²) in [5.74, 6) is 0.120. The summed E-state index contributed by atoms with van der Waals surface area (Å²) in [6.45, 7) is 4.25. The monoisotopic (exact) mass is 250 g/mol. The van der Waals surface area contributed by atoms with Gasteiger partial charge in [0.15, 0.2) is 0 Å². The lowest BCUT2D eigenvalue weighted by atomic mass is 9.99. The molecule has 0 aromatic carbocycles. The lowest BCUT2D eigenvalue weighted by Gasteiger charge is -2.35. The van der Waals surface area contributed by atoms with Gasteiger partial charge in [-0.3, -0.25) is 4.79 Å². The summed E-state index contributed by atoms with van der Waals surface area (Å²) >= 11 is 0. The predicted octanol–water partition coefficient (Wildman–Crippen LogP) is 1.17. The summed E-state index contributed by atoms with van der Waals surface area (Å²) in [6.07, 6.45) is 4.33. The van der Waals surface area contributed by atoms with E-state index in [2.05, 4.69) is 0 Å². The van der Waals surface area contributed by atoms with Gasteiger partial charge < -0.3 is 15.4 Å². The third-order valence-electron chi connectivity index (χ3n) is 2.88. The zero-order chi connectivity index (χ0) is 11.1. The molecule has 1 fully saturated rings. The minimum Gasteiger partial charge on any atom is -0.372 e. The molecule has 0 aliphatic carbocycles. The van der Waals surface area contributed by atoms with E-state index in [-0.39, 0.29) is 24.9 Å². The summed E-state index contributed by atoms with van der Waals surface area (Å²) < 4.78 is 5.15. The Balaban J connectivity index is 0.00000225. The summed E-state index contributed by atoms with van der Waals surface area (Å²) in [5, 5.41) is 0. The molecule has 0 aromatic rings. The van der Waals surface area contributed by atoms with E-state index in [9.17, 15) is 4.79 Å². The van der Waals surface area contributed by atoms with Crippen molar-refractivity contribution in [1.29, 1.82) is 0 Å². The lowest BCUT2D eigenvalue weighted by molar-refractivity contribution is -0.139. The second-order valence-electron chi connectivity index (χ2n) is 3.95. The van der Waals surface area contributed by atoms with Gasteiger partial charge in [0.2, 0.25) is 5.91 Å². The fourth-order valence-electron chi connectivity index (χ4n) is 2.09. The van der Waals surface area contributed by atoms with Crippen LogP contribution in [0, 0.1) is 0 Å². The average Bonchev–Trinajstić information content (AvgIpc) is 2.27. The molecule has 16 heavy (non-hydrogen) atoms. The number of carbonyl (C=O) groups is 1. The molecule has 1 atom stereocenters. The minimum atomic E-state index is 0. The molecule has 4 nitrogen and oxygen atoms in total. The number of likely N-dealkylation sites (tertiary alicyclic amines) is 1. The smallest absolute Gasteiger partial charge is 0.248 e. The highest BCUT2D eigenvalue weighted by Crippen LogP contribution is 2.19. The molecule has 0 bridgehead atoms. The molecule has 1 aliphatic heterocycles. The largest absolute Gasteiger partial charge is 0.372 e. The highest BCUT2D eigenvalue weighted by molar-refractivity contribution is 5.85. The number of halogens is 1. The predicted molar refractivity (Wildman–Crippen MR) is 66.8 cm³/mol. The number of amides is 1. The Morgan fingerprint density at radius 3 is 2.88 bits per heavy atom. The van der Waals surface area contributed by atoms with Crippen molar-refractivity contribution in [2.75, 3.05) is 26.3 Å². The van der Waals surface area contributed by atoms with Crippen LogP contribution < -0.4 is 5.73 Å². The van der Waals surface area contributed by atoms with E-state index in [4.69, 9.17) is 10.5 Å². The maximum atomic E-state index is 11.8. The highest BCUT2D eigenvalue weighted by atomic mass is 35.5. The van der Waals surface area contributed by atoms with Gasteiger partial charge in [0.1, 0.15) is 6.61 Å². The Morgan fingerprint density at radius 2 is 2.25 bits per heavy atom. The van der Waals surface area contributed by atoms with Crippen LogP contribution >= 0.6 is 12.4 Å². The van der Waals surface area contributed by atoms with Crippen molar-refractivity contribution in [3.63, 3.8) is 0 Å². The fourth-order valence-corrected chi connectivity index (χ4v) is 2.09. The van der Waals surface area contributed by atoms with E-state index in [1.807, 2.05) is 11.8 Å². The third-order valence-corrected chi connectivity index (χ3v) is 2.88. The molecule has 1 rings (SSSR count). The van der Waals surface area contributed by atoms with Crippen molar-refractivity contribution in [2.45, 2.75) is 38.6 Å². The molecule has 1 heterocycles.